The first-order valence-corrected chi connectivity index (χ1v) is 14.3. The van der Waals surface area contributed by atoms with Crippen LogP contribution in [0.15, 0.2) is 23.3 Å². The van der Waals surface area contributed by atoms with E-state index in [2.05, 4.69) is 11.8 Å². The molecule has 11 heteroatoms. The number of pyridine rings is 1. The maximum Gasteiger partial charge on any atom is 0.418 e. The molecule has 39 heavy (non-hydrogen) atoms. The summed E-state index contributed by atoms with van der Waals surface area (Å²) >= 11 is 0. The Morgan fingerprint density at radius 1 is 1.23 bits per heavy atom. The van der Waals surface area contributed by atoms with E-state index in [0.29, 0.717) is 44.4 Å². The molecule has 1 aliphatic heterocycles. The standard InChI is InChI=1S/C28H43F3N6O2/c1-18-11-27(12-18,25(33)34(3)17-32)21-5-4-6-22(10-21)36-16-24-23(28(29,30)31)9-20(15-37(24)26(36)38)14-35-7-8-39-19(2)13-35/h9,15-16,18-19,21-22,25H,4-8,10-14,17,32-33H2,1-3H3/t18?,19-,21?,22?,25?,27?/m1/s1. The molecule has 8 nitrogen and oxygen atoms in total. The fraction of sp³-hybridized carbons (Fsp3) is 0.750. The second kappa shape index (κ2) is 10.8. The van der Waals surface area contributed by atoms with E-state index in [0.717, 1.165) is 38.5 Å². The SMILES string of the molecule is CC1CC(C2CCCC(n3cc4c(C(F)(F)F)cc(CN5CCO[C@H](C)C5)cn4c3=O)C2)(C(N)N(C)CN)C1. The number of hydrogen-bond donors (Lipinski definition) is 2. The minimum Gasteiger partial charge on any atom is -0.376 e. The molecule has 0 aromatic carbocycles. The molecule has 2 aromatic rings. The minimum atomic E-state index is -4.57. The van der Waals surface area contributed by atoms with Crippen LogP contribution in [0.1, 0.15) is 69.5 Å². The summed E-state index contributed by atoms with van der Waals surface area (Å²) in [4.78, 5) is 17.7. The lowest BCUT2D eigenvalue weighted by Gasteiger charge is -2.58. The second-order valence-corrected chi connectivity index (χ2v) is 12.4. The van der Waals surface area contributed by atoms with E-state index in [9.17, 15) is 18.0 Å². The van der Waals surface area contributed by atoms with Gasteiger partial charge >= 0.3 is 11.9 Å². The molecule has 5 rings (SSSR count). The van der Waals surface area contributed by atoms with E-state index in [4.69, 9.17) is 16.2 Å². The number of aromatic nitrogens is 2. The van der Waals surface area contributed by atoms with Crippen molar-refractivity contribution < 1.29 is 17.9 Å². The van der Waals surface area contributed by atoms with Crippen molar-refractivity contribution in [2.45, 2.75) is 83.4 Å². The highest BCUT2D eigenvalue weighted by Crippen LogP contribution is 2.57. The summed E-state index contributed by atoms with van der Waals surface area (Å²) in [7, 11) is 1.94. The van der Waals surface area contributed by atoms with Crippen LogP contribution in [0.5, 0.6) is 0 Å². The lowest BCUT2D eigenvalue weighted by molar-refractivity contribution is -0.136. The number of fused-ring (bicyclic) bond motifs is 1. The normalized spacial score (nSPS) is 31.5. The van der Waals surface area contributed by atoms with Gasteiger partial charge in [-0.3, -0.25) is 18.8 Å². The molecule has 0 spiro atoms. The Hall–Kier alpha value is -1.92. The van der Waals surface area contributed by atoms with Gasteiger partial charge in [-0.25, -0.2) is 4.79 Å². The van der Waals surface area contributed by atoms with Crippen LogP contribution in [0, 0.1) is 17.3 Å². The lowest BCUT2D eigenvalue weighted by Crippen LogP contribution is -2.62. The average Bonchev–Trinajstić information content (AvgIpc) is 3.21. The first-order valence-electron chi connectivity index (χ1n) is 14.3. The number of halogens is 3. The third-order valence-electron chi connectivity index (χ3n) is 9.55. The fourth-order valence-electron chi connectivity index (χ4n) is 7.68. The number of rotatable bonds is 7. The van der Waals surface area contributed by atoms with Crippen molar-refractivity contribution in [2.75, 3.05) is 33.4 Å². The van der Waals surface area contributed by atoms with Crippen LogP contribution >= 0.6 is 0 Å². The average molecular weight is 553 g/mol. The summed E-state index contributed by atoms with van der Waals surface area (Å²) < 4.78 is 51.1. The van der Waals surface area contributed by atoms with Gasteiger partial charge in [0, 0.05) is 50.2 Å². The maximum atomic E-state index is 14.2. The largest absolute Gasteiger partial charge is 0.418 e. The van der Waals surface area contributed by atoms with Gasteiger partial charge in [-0.1, -0.05) is 13.3 Å². The molecule has 1 saturated heterocycles. The van der Waals surface area contributed by atoms with Gasteiger partial charge in [0.1, 0.15) is 0 Å². The van der Waals surface area contributed by atoms with Crippen LogP contribution in [-0.2, 0) is 17.5 Å². The van der Waals surface area contributed by atoms with Gasteiger partial charge in [-0.2, -0.15) is 13.2 Å². The molecule has 0 amide bonds. The van der Waals surface area contributed by atoms with Gasteiger partial charge in [0.15, 0.2) is 0 Å². The van der Waals surface area contributed by atoms with Crippen molar-refractivity contribution in [3.8, 4) is 0 Å². The zero-order valence-electron chi connectivity index (χ0n) is 23.3. The molecule has 3 fully saturated rings. The first kappa shape index (κ1) is 28.6. The van der Waals surface area contributed by atoms with Crippen molar-refractivity contribution in [1.29, 1.82) is 0 Å². The Morgan fingerprint density at radius 2 is 1.97 bits per heavy atom. The van der Waals surface area contributed by atoms with Gasteiger partial charge < -0.3 is 16.2 Å². The summed E-state index contributed by atoms with van der Waals surface area (Å²) in [5.41, 5.74) is 11.8. The zero-order valence-corrected chi connectivity index (χ0v) is 23.3. The highest BCUT2D eigenvalue weighted by Gasteiger charge is 2.53. The van der Waals surface area contributed by atoms with Crippen molar-refractivity contribution in [3.63, 3.8) is 0 Å². The number of alkyl halides is 3. The number of imidazole rings is 1. The van der Waals surface area contributed by atoms with Crippen LogP contribution in [0.4, 0.5) is 13.2 Å². The molecule has 218 valence electrons. The number of morpholine rings is 1. The number of nitrogens with two attached hydrogens (primary N) is 2. The first-order chi connectivity index (χ1) is 18.4. The summed E-state index contributed by atoms with van der Waals surface area (Å²) in [6.45, 7) is 6.71. The summed E-state index contributed by atoms with van der Waals surface area (Å²) in [5, 5.41) is 0. The Labute approximate surface area is 228 Å². The summed E-state index contributed by atoms with van der Waals surface area (Å²) in [6, 6.07) is 1.04. The third-order valence-corrected chi connectivity index (χ3v) is 9.55. The van der Waals surface area contributed by atoms with Gasteiger partial charge in [0.2, 0.25) is 0 Å². The molecule has 2 aromatic heterocycles. The number of nitrogens with zero attached hydrogens (tertiary/aromatic N) is 4. The number of ether oxygens (including phenoxy) is 1. The quantitative estimate of drug-likeness (QED) is 0.510. The number of hydrogen-bond acceptors (Lipinski definition) is 6. The van der Waals surface area contributed by atoms with Crippen molar-refractivity contribution in [1.82, 2.24) is 18.8 Å². The van der Waals surface area contributed by atoms with E-state index < -0.39 is 17.4 Å². The Kier molecular flexibility index (Phi) is 7.93. The van der Waals surface area contributed by atoms with E-state index in [1.807, 2.05) is 18.9 Å². The van der Waals surface area contributed by atoms with Gasteiger partial charge in [0.25, 0.3) is 0 Å². The molecule has 0 radical (unpaired) electrons. The van der Waals surface area contributed by atoms with Crippen molar-refractivity contribution in [3.05, 3.63) is 40.1 Å². The molecule has 3 unspecified atom stereocenters. The zero-order chi connectivity index (χ0) is 28.1. The molecular formula is C28H43F3N6O2. The summed E-state index contributed by atoms with van der Waals surface area (Å²) in [6.07, 6.45) is 3.71. The maximum absolute atomic E-state index is 14.2. The molecule has 2 aliphatic carbocycles. The highest BCUT2D eigenvalue weighted by molar-refractivity contribution is 5.56. The Morgan fingerprint density at radius 3 is 2.62 bits per heavy atom. The van der Waals surface area contributed by atoms with Crippen LogP contribution < -0.4 is 17.2 Å². The molecule has 3 heterocycles. The van der Waals surface area contributed by atoms with E-state index in [1.54, 1.807) is 10.8 Å². The highest BCUT2D eigenvalue weighted by atomic mass is 19.4. The van der Waals surface area contributed by atoms with Crippen LogP contribution in [0.3, 0.4) is 0 Å². The lowest BCUT2D eigenvalue weighted by atomic mass is 9.51. The molecule has 4 N–H and O–H groups in total. The predicted molar refractivity (Wildman–Crippen MR) is 144 cm³/mol. The predicted octanol–water partition coefficient (Wildman–Crippen LogP) is 3.62. The van der Waals surface area contributed by atoms with E-state index in [1.165, 1.54) is 16.7 Å². The summed E-state index contributed by atoms with van der Waals surface area (Å²) in [5.74, 6) is 0.858. The van der Waals surface area contributed by atoms with Gasteiger partial charge in [0.05, 0.1) is 30.0 Å². The van der Waals surface area contributed by atoms with Crippen LogP contribution in [-0.4, -0.2) is 64.5 Å². The molecule has 3 aliphatic rings. The van der Waals surface area contributed by atoms with Gasteiger partial charge in [-0.05, 0) is 69.5 Å². The molecular weight excluding hydrogens is 509 g/mol. The van der Waals surface area contributed by atoms with Crippen LogP contribution in [0.25, 0.3) is 5.52 Å². The molecule has 0 bridgehead atoms. The minimum absolute atomic E-state index is 0.0207. The van der Waals surface area contributed by atoms with Crippen molar-refractivity contribution in [2.24, 2.45) is 28.7 Å². The van der Waals surface area contributed by atoms with E-state index in [-0.39, 0.29) is 35.2 Å². The topological polar surface area (TPSA) is 94.2 Å². The Bertz CT molecular complexity index is 1220. The fourth-order valence-corrected chi connectivity index (χ4v) is 7.68. The molecule has 4 atom stereocenters. The van der Waals surface area contributed by atoms with Gasteiger partial charge in [-0.15, -0.1) is 0 Å². The monoisotopic (exact) mass is 552 g/mol. The third kappa shape index (κ3) is 5.40. The smallest absolute Gasteiger partial charge is 0.376 e. The second-order valence-electron chi connectivity index (χ2n) is 12.4. The van der Waals surface area contributed by atoms with Crippen molar-refractivity contribution >= 4 is 5.52 Å². The molecule has 2 saturated carbocycles. The Balaban J connectivity index is 1.47. The van der Waals surface area contributed by atoms with Crippen LogP contribution in [0.2, 0.25) is 0 Å². The van der Waals surface area contributed by atoms with E-state index >= 15 is 0 Å².